The van der Waals surface area contributed by atoms with Gasteiger partial charge in [-0.2, -0.15) is 4.31 Å². The minimum atomic E-state index is -3.43. The summed E-state index contributed by atoms with van der Waals surface area (Å²) in [4.78, 5) is 25.9. The lowest BCUT2D eigenvalue weighted by Crippen LogP contribution is -2.42. The van der Waals surface area contributed by atoms with Crippen molar-refractivity contribution in [2.45, 2.75) is 56.8 Å². The van der Waals surface area contributed by atoms with Crippen LogP contribution in [0.15, 0.2) is 29.2 Å². The Morgan fingerprint density at radius 1 is 0.967 bits per heavy atom. The number of hydrogen-bond donors (Lipinski definition) is 1. The van der Waals surface area contributed by atoms with E-state index in [-0.39, 0.29) is 17.7 Å². The van der Waals surface area contributed by atoms with E-state index in [0.29, 0.717) is 56.9 Å². The number of carbonyl (C=O) groups is 2. The number of hydrogen-bond acceptors (Lipinski definition) is 4. The Bertz CT molecular complexity index is 822. The number of nitrogens with one attached hydrogen (secondary N) is 1. The van der Waals surface area contributed by atoms with Crippen molar-refractivity contribution in [3.63, 3.8) is 0 Å². The molecule has 7 nitrogen and oxygen atoms in total. The van der Waals surface area contributed by atoms with Crippen LogP contribution in [0.25, 0.3) is 0 Å². The summed E-state index contributed by atoms with van der Waals surface area (Å²) in [5.41, 5.74) is 0.997. The molecule has 1 N–H and O–H groups in total. The number of rotatable bonds is 6. The summed E-state index contributed by atoms with van der Waals surface area (Å²) < 4.78 is 27.3. The van der Waals surface area contributed by atoms with Gasteiger partial charge in [0.15, 0.2) is 0 Å². The second kappa shape index (κ2) is 10.4. The molecule has 1 aromatic rings. The third-order valence-corrected chi connectivity index (χ3v) is 8.06. The van der Waals surface area contributed by atoms with E-state index in [0.717, 1.165) is 31.2 Å². The van der Waals surface area contributed by atoms with Gasteiger partial charge in [-0.25, -0.2) is 8.42 Å². The van der Waals surface area contributed by atoms with Crippen molar-refractivity contribution in [3.05, 3.63) is 29.8 Å². The highest BCUT2D eigenvalue weighted by molar-refractivity contribution is 7.89. The molecule has 30 heavy (non-hydrogen) atoms. The summed E-state index contributed by atoms with van der Waals surface area (Å²) in [6, 6.07) is 7.02. The SMILES string of the molecule is CC(=O)N1CCC(C(=O)NCCc2ccc(S(=O)(=O)N3CCCCCC3)cc2)CC1. The highest BCUT2D eigenvalue weighted by Crippen LogP contribution is 2.21. The lowest BCUT2D eigenvalue weighted by Gasteiger charge is -2.30. The number of nitrogens with zero attached hydrogens (tertiary/aromatic N) is 2. The monoisotopic (exact) mass is 435 g/mol. The Morgan fingerprint density at radius 2 is 1.57 bits per heavy atom. The molecule has 2 saturated heterocycles. The molecule has 2 heterocycles. The zero-order valence-corrected chi connectivity index (χ0v) is 18.6. The molecule has 2 fully saturated rings. The molecule has 2 aliphatic rings. The number of sulfonamides is 1. The highest BCUT2D eigenvalue weighted by atomic mass is 32.2. The average Bonchev–Trinajstić information content (AvgIpc) is 3.04. The predicted octanol–water partition coefficient (Wildman–Crippen LogP) is 2.17. The van der Waals surface area contributed by atoms with Gasteiger partial charge in [0.05, 0.1) is 4.90 Å². The second-order valence-electron chi connectivity index (χ2n) is 8.28. The van der Waals surface area contributed by atoms with Crippen LogP contribution in [0.4, 0.5) is 0 Å². The van der Waals surface area contributed by atoms with Crippen LogP contribution in [0.3, 0.4) is 0 Å². The molecule has 8 heteroatoms. The van der Waals surface area contributed by atoms with Crippen molar-refractivity contribution in [2.75, 3.05) is 32.7 Å². The fourth-order valence-electron chi connectivity index (χ4n) is 4.19. The summed E-state index contributed by atoms with van der Waals surface area (Å²) >= 11 is 0. The Balaban J connectivity index is 1.47. The first-order valence-corrected chi connectivity index (χ1v) is 12.4. The number of benzene rings is 1. The zero-order chi connectivity index (χ0) is 21.6. The van der Waals surface area contributed by atoms with Gasteiger partial charge in [-0.3, -0.25) is 9.59 Å². The normalized spacial score (nSPS) is 19.3. The van der Waals surface area contributed by atoms with E-state index < -0.39 is 10.0 Å². The zero-order valence-electron chi connectivity index (χ0n) is 17.8. The molecule has 0 spiro atoms. The van der Waals surface area contributed by atoms with E-state index >= 15 is 0 Å². The molecule has 0 radical (unpaired) electrons. The maximum Gasteiger partial charge on any atom is 0.243 e. The molecule has 0 aliphatic carbocycles. The average molecular weight is 436 g/mol. The summed E-state index contributed by atoms with van der Waals surface area (Å²) in [6.07, 6.45) is 6.08. The van der Waals surface area contributed by atoms with Crippen molar-refractivity contribution in [2.24, 2.45) is 5.92 Å². The molecule has 0 saturated carbocycles. The van der Waals surface area contributed by atoms with Crippen LogP contribution in [0.1, 0.15) is 51.0 Å². The first-order chi connectivity index (χ1) is 14.4. The van der Waals surface area contributed by atoms with Crippen molar-refractivity contribution in [1.82, 2.24) is 14.5 Å². The molecule has 166 valence electrons. The summed E-state index contributed by atoms with van der Waals surface area (Å²) in [7, 11) is -3.43. The molecule has 1 aromatic carbocycles. The number of piperidine rings is 1. The van der Waals surface area contributed by atoms with Gasteiger partial charge in [0, 0.05) is 45.6 Å². The minimum absolute atomic E-state index is 0.0401. The fourth-order valence-corrected chi connectivity index (χ4v) is 5.71. The molecule has 0 bridgehead atoms. The number of likely N-dealkylation sites (tertiary alicyclic amines) is 1. The summed E-state index contributed by atoms with van der Waals surface area (Å²) in [5.74, 6) is 0.0652. The van der Waals surface area contributed by atoms with Gasteiger partial charge in [0.2, 0.25) is 21.8 Å². The van der Waals surface area contributed by atoms with Crippen LogP contribution >= 0.6 is 0 Å². The van der Waals surface area contributed by atoms with Gasteiger partial charge in [0.25, 0.3) is 0 Å². The summed E-state index contributed by atoms with van der Waals surface area (Å²) in [5, 5.41) is 2.98. The third-order valence-electron chi connectivity index (χ3n) is 6.15. The van der Waals surface area contributed by atoms with Crippen molar-refractivity contribution in [1.29, 1.82) is 0 Å². The molecule has 3 rings (SSSR count). The van der Waals surface area contributed by atoms with Gasteiger partial charge in [-0.1, -0.05) is 25.0 Å². The molecule has 0 atom stereocenters. The largest absolute Gasteiger partial charge is 0.356 e. The van der Waals surface area contributed by atoms with Gasteiger partial charge in [0.1, 0.15) is 0 Å². The predicted molar refractivity (Wildman–Crippen MR) is 115 cm³/mol. The summed E-state index contributed by atoms with van der Waals surface area (Å²) in [6.45, 7) is 4.55. The van der Waals surface area contributed by atoms with E-state index in [4.69, 9.17) is 0 Å². The number of amides is 2. The van der Waals surface area contributed by atoms with Crippen LogP contribution in [0.5, 0.6) is 0 Å². The Hall–Kier alpha value is -1.93. The molecule has 2 amide bonds. The molecule has 2 aliphatic heterocycles. The Labute approximate surface area is 179 Å². The maximum atomic E-state index is 12.8. The van der Waals surface area contributed by atoms with Crippen LogP contribution in [-0.2, 0) is 26.0 Å². The maximum absolute atomic E-state index is 12.8. The topological polar surface area (TPSA) is 86.8 Å². The third kappa shape index (κ3) is 5.82. The second-order valence-corrected chi connectivity index (χ2v) is 10.2. The van der Waals surface area contributed by atoms with E-state index in [1.165, 1.54) is 0 Å². The Kier molecular flexibility index (Phi) is 7.88. The minimum Gasteiger partial charge on any atom is -0.356 e. The van der Waals surface area contributed by atoms with Crippen molar-refractivity contribution >= 4 is 21.8 Å². The first-order valence-electron chi connectivity index (χ1n) is 11.0. The highest BCUT2D eigenvalue weighted by Gasteiger charge is 2.26. The quantitative estimate of drug-likeness (QED) is 0.742. The van der Waals surface area contributed by atoms with Gasteiger partial charge in [-0.15, -0.1) is 0 Å². The van der Waals surface area contributed by atoms with Crippen LogP contribution in [0, 0.1) is 5.92 Å². The fraction of sp³-hybridized carbons (Fsp3) is 0.636. The first kappa shape index (κ1) is 22.7. The standard InChI is InChI=1S/C22H33N3O4S/c1-18(26)24-16-11-20(12-17-24)22(27)23-13-10-19-6-8-21(9-7-19)30(28,29)25-14-4-2-3-5-15-25/h6-9,20H,2-5,10-17H2,1H3,(H,23,27). The Morgan fingerprint density at radius 3 is 2.13 bits per heavy atom. The molecular weight excluding hydrogens is 402 g/mol. The van der Waals surface area contributed by atoms with Crippen LogP contribution in [0.2, 0.25) is 0 Å². The van der Waals surface area contributed by atoms with Gasteiger partial charge in [-0.05, 0) is 49.8 Å². The van der Waals surface area contributed by atoms with Crippen molar-refractivity contribution < 1.29 is 18.0 Å². The van der Waals surface area contributed by atoms with Gasteiger partial charge >= 0.3 is 0 Å². The van der Waals surface area contributed by atoms with E-state index in [1.807, 2.05) is 12.1 Å². The molecule has 0 unspecified atom stereocenters. The van der Waals surface area contributed by atoms with E-state index in [1.54, 1.807) is 28.3 Å². The van der Waals surface area contributed by atoms with E-state index in [2.05, 4.69) is 5.32 Å². The van der Waals surface area contributed by atoms with Crippen molar-refractivity contribution in [3.8, 4) is 0 Å². The lowest BCUT2D eigenvalue weighted by molar-refractivity contribution is -0.133. The molecule has 0 aromatic heterocycles. The van der Waals surface area contributed by atoms with Crippen LogP contribution < -0.4 is 5.32 Å². The smallest absolute Gasteiger partial charge is 0.243 e. The lowest BCUT2D eigenvalue weighted by atomic mass is 9.96. The van der Waals surface area contributed by atoms with Gasteiger partial charge < -0.3 is 10.2 Å². The number of carbonyl (C=O) groups excluding carboxylic acids is 2. The van der Waals surface area contributed by atoms with Crippen LogP contribution in [-0.4, -0.2) is 62.2 Å². The molecular formula is C22H33N3O4S. The van der Waals surface area contributed by atoms with E-state index in [9.17, 15) is 18.0 Å².